The molecule has 0 radical (unpaired) electrons. The summed E-state index contributed by atoms with van der Waals surface area (Å²) < 4.78 is 0. The van der Waals surface area contributed by atoms with Crippen molar-refractivity contribution in [2.75, 3.05) is 13.1 Å². The normalized spacial score (nSPS) is 19.8. The molecule has 1 atom stereocenters. The Hall–Kier alpha value is -1.75. The van der Waals surface area contributed by atoms with Crippen molar-refractivity contribution >= 4 is 28.7 Å². The summed E-state index contributed by atoms with van der Waals surface area (Å²) in [6.45, 7) is 1.10. The van der Waals surface area contributed by atoms with E-state index in [0.717, 1.165) is 29.7 Å². The maximum absolute atomic E-state index is 11.0. The SMILES string of the molecule is O=C(O)N1CCCC(c2nc3c(Cl)cccc3[nH]2)C1. The first kappa shape index (κ1) is 12.3. The van der Waals surface area contributed by atoms with Gasteiger partial charge in [0.1, 0.15) is 11.3 Å². The number of fused-ring (bicyclic) bond motifs is 1. The molecule has 1 aromatic carbocycles. The Labute approximate surface area is 115 Å². The number of rotatable bonds is 1. The summed E-state index contributed by atoms with van der Waals surface area (Å²) in [5, 5.41) is 9.68. The summed E-state index contributed by atoms with van der Waals surface area (Å²) in [6, 6.07) is 5.60. The van der Waals surface area contributed by atoms with Crippen LogP contribution in [0.15, 0.2) is 18.2 Å². The molecule has 1 saturated heterocycles. The van der Waals surface area contributed by atoms with Crippen molar-refractivity contribution in [2.24, 2.45) is 0 Å². The second-order valence-corrected chi connectivity index (χ2v) is 5.23. The van der Waals surface area contributed by atoms with Gasteiger partial charge < -0.3 is 15.0 Å². The van der Waals surface area contributed by atoms with Crippen LogP contribution in [-0.4, -0.2) is 39.2 Å². The maximum atomic E-state index is 11.0. The molecule has 5 nitrogen and oxygen atoms in total. The summed E-state index contributed by atoms with van der Waals surface area (Å²) in [7, 11) is 0. The van der Waals surface area contributed by atoms with E-state index in [4.69, 9.17) is 16.7 Å². The highest BCUT2D eigenvalue weighted by atomic mass is 35.5. The molecular weight excluding hydrogens is 266 g/mol. The number of aromatic nitrogens is 2. The topological polar surface area (TPSA) is 69.2 Å². The van der Waals surface area contributed by atoms with Gasteiger partial charge in [-0.1, -0.05) is 17.7 Å². The number of carbonyl (C=O) groups is 1. The van der Waals surface area contributed by atoms with E-state index in [9.17, 15) is 4.79 Å². The first-order valence-electron chi connectivity index (χ1n) is 6.27. The fraction of sp³-hybridized carbons (Fsp3) is 0.385. The van der Waals surface area contributed by atoms with Crippen LogP contribution in [0.25, 0.3) is 11.0 Å². The molecule has 0 saturated carbocycles. The number of benzene rings is 1. The fourth-order valence-electron chi connectivity index (χ4n) is 2.58. The van der Waals surface area contributed by atoms with E-state index in [-0.39, 0.29) is 5.92 Å². The molecule has 2 heterocycles. The number of hydrogen-bond donors (Lipinski definition) is 2. The number of likely N-dealkylation sites (tertiary alicyclic amines) is 1. The predicted molar refractivity (Wildman–Crippen MR) is 72.7 cm³/mol. The van der Waals surface area contributed by atoms with Crippen molar-refractivity contribution in [3.05, 3.63) is 29.0 Å². The van der Waals surface area contributed by atoms with E-state index in [1.807, 2.05) is 12.1 Å². The number of nitrogens with one attached hydrogen (secondary N) is 1. The number of para-hydroxylation sites is 1. The Bertz CT molecular complexity index is 625. The van der Waals surface area contributed by atoms with Crippen LogP contribution in [0.3, 0.4) is 0 Å². The number of piperidine rings is 1. The van der Waals surface area contributed by atoms with Gasteiger partial charge in [-0.05, 0) is 25.0 Å². The maximum Gasteiger partial charge on any atom is 0.407 e. The Kier molecular flexibility index (Phi) is 3.06. The molecule has 0 aliphatic carbocycles. The van der Waals surface area contributed by atoms with Crippen LogP contribution >= 0.6 is 11.6 Å². The van der Waals surface area contributed by atoms with Crippen molar-refractivity contribution < 1.29 is 9.90 Å². The molecule has 3 rings (SSSR count). The number of imidazole rings is 1. The zero-order chi connectivity index (χ0) is 13.4. The van der Waals surface area contributed by atoms with Crippen LogP contribution in [0, 0.1) is 0 Å². The molecular formula is C13H14ClN3O2. The number of carboxylic acid groups (broad SMARTS) is 1. The fourth-order valence-corrected chi connectivity index (χ4v) is 2.80. The monoisotopic (exact) mass is 279 g/mol. The average Bonchev–Trinajstić information content (AvgIpc) is 2.84. The second-order valence-electron chi connectivity index (χ2n) is 4.83. The van der Waals surface area contributed by atoms with Gasteiger partial charge in [0, 0.05) is 19.0 Å². The molecule has 0 spiro atoms. The molecule has 2 aromatic rings. The minimum atomic E-state index is -0.862. The largest absolute Gasteiger partial charge is 0.465 e. The Morgan fingerprint density at radius 1 is 1.53 bits per heavy atom. The van der Waals surface area contributed by atoms with Gasteiger partial charge in [-0.2, -0.15) is 0 Å². The number of aromatic amines is 1. The quantitative estimate of drug-likeness (QED) is 0.843. The number of amides is 1. The third-order valence-corrected chi connectivity index (χ3v) is 3.87. The van der Waals surface area contributed by atoms with E-state index in [1.54, 1.807) is 6.07 Å². The van der Waals surface area contributed by atoms with Crippen LogP contribution in [0.5, 0.6) is 0 Å². The van der Waals surface area contributed by atoms with Gasteiger partial charge in [0.05, 0.1) is 10.5 Å². The van der Waals surface area contributed by atoms with Crippen molar-refractivity contribution in [2.45, 2.75) is 18.8 Å². The van der Waals surface area contributed by atoms with Gasteiger partial charge in [-0.15, -0.1) is 0 Å². The van der Waals surface area contributed by atoms with Crippen molar-refractivity contribution in [1.29, 1.82) is 0 Å². The van der Waals surface area contributed by atoms with Crippen LogP contribution in [-0.2, 0) is 0 Å². The van der Waals surface area contributed by atoms with Crippen LogP contribution in [0.4, 0.5) is 4.79 Å². The number of H-pyrrole nitrogens is 1. The van der Waals surface area contributed by atoms with Crippen LogP contribution in [0.2, 0.25) is 5.02 Å². The van der Waals surface area contributed by atoms with Crippen LogP contribution in [0.1, 0.15) is 24.6 Å². The Morgan fingerprint density at radius 2 is 2.37 bits per heavy atom. The molecule has 19 heavy (non-hydrogen) atoms. The standard InChI is InChI=1S/C13H14ClN3O2/c14-9-4-1-5-10-11(9)16-12(15-10)8-3-2-6-17(7-8)13(18)19/h1,4-5,8H,2-3,6-7H2,(H,15,16)(H,18,19). The average molecular weight is 280 g/mol. The lowest BCUT2D eigenvalue weighted by Gasteiger charge is -2.29. The molecule has 1 fully saturated rings. The van der Waals surface area contributed by atoms with Crippen LogP contribution < -0.4 is 0 Å². The molecule has 1 amide bonds. The summed E-state index contributed by atoms with van der Waals surface area (Å²) in [5.41, 5.74) is 1.65. The minimum Gasteiger partial charge on any atom is -0.465 e. The zero-order valence-corrected chi connectivity index (χ0v) is 11.0. The second kappa shape index (κ2) is 4.74. The van der Waals surface area contributed by atoms with Gasteiger partial charge in [0.2, 0.25) is 0 Å². The lowest BCUT2D eigenvalue weighted by Crippen LogP contribution is -2.38. The molecule has 6 heteroatoms. The predicted octanol–water partition coefficient (Wildman–Crippen LogP) is 3.07. The summed E-state index contributed by atoms with van der Waals surface area (Å²) in [6.07, 6.45) is 0.946. The van der Waals surface area contributed by atoms with Gasteiger partial charge in [-0.3, -0.25) is 0 Å². The first-order valence-corrected chi connectivity index (χ1v) is 6.65. The lowest BCUT2D eigenvalue weighted by molar-refractivity contribution is 0.129. The molecule has 1 aliphatic rings. The Balaban J connectivity index is 1.91. The minimum absolute atomic E-state index is 0.119. The highest BCUT2D eigenvalue weighted by Crippen LogP contribution is 2.28. The van der Waals surface area contributed by atoms with Crippen molar-refractivity contribution in [1.82, 2.24) is 14.9 Å². The molecule has 0 bridgehead atoms. The Morgan fingerprint density at radius 3 is 3.11 bits per heavy atom. The highest BCUT2D eigenvalue weighted by molar-refractivity contribution is 6.34. The zero-order valence-electron chi connectivity index (χ0n) is 10.3. The number of hydrogen-bond acceptors (Lipinski definition) is 2. The van der Waals surface area contributed by atoms with Gasteiger partial charge in [0.25, 0.3) is 0 Å². The van der Waals surface area contributed by atoms with Gasteiger partial charge in [0.15, 0.2) is 0 Å². The first-order chi connectivity index (χ1) is 9.15. The smallest absolute Gasteiger partial charge is 0.407 e. The lowest BCUT2D eigenvalue weighted by atomic mass is 9.98. The van der Waals surface area contributed by atoms with E-state index < -0.39 is 6.09 Å². The summed E-state index contributed by atoms with van der Waals surface area (Å²) in [4.78, 5) is 20.3. The van der Waals surface area contributed by atoms with E-state index in [1.165, 1.54) is 4.90 Å². The molecule has 1 aliphatic heterocycles. The van der Waals surface area contributed by atoms with E-state index in [2.05, 4.69) is 9.97 Å². The van der Waals surface area contributed by atoms with E-state index >= 15 is 0 Å². The number of nitrogens with zero attached hydrogens (tertiary/aromatic N) is 2. The third kappa shape index (κ3) is 2.26. The van der Waals surface area contributed by atoms with Crippen molar-refractivity contribution in [3.8, 4) is 0 Å². The summed E-state index contributed by atoms with van der Waals surface area (Å²) >= 11 is 6.10. The van der Waals surface area contributed by atoms with Gasteiger partial charge in [-0.25, -0.2) is 9.78 Å². The molecule has 1 unspecified atom stereocenters. The third-order valence-electron chi connectivity index (χ3n) is 3.56. The highest BCUT2D eigenvalue weighted by Gasteiger charge is 2.26. The molecule has 100 valence electrons. The molecule has 2 N–H and O–H groups in total. The molecule has 1 aromatic heterocycles. The van der Waals surface area contributed by atoms with Crippen molar-refractivity contribution in [3.63, 3.8) is 0 Å². The van der Waals surface area contributed by atoms with E-state index in [0.29, 0.717) is 18.1 Å². The van der Waals surface area contributed by atoms with Gasteiger partial charge >= 0.3 is 6.09 Å². The summed E-state index contributed by atoms with van der Waals surface area (Å²) in [5.74, 6) is 0.947. The number of halogens is 1.